The van der Waals surface area contributed by atoms with E-state index >= 15 is 0 Å². The molecule has 7 heteroatoms. The topological polar surface area (TPSA) is 52.6 Å². The summed E-state index contributed by atoms with van der Waals surface area (Å²) in [5.74, 6) is 0.611. The lowest BCUT2D eigenvalue weighted by Gasteiger charge is -2.38. The molecule has 0 atom stereocenters. The fraction of sp³-hybridized carbons (Fsp3) is 0.375. The highest BCUT2D eigenvalue weighted by molar-refractivity contribution is 6.28. The number of carbonyl (C=O) groups is 1. The van der Waals surface area contributed by atoms with Gasteiger partial charge in [-0.25, -0.2) is 14.8 Å². The lowest BCUT2D eigenvalue weighted by molar-refractivity contribution is 0.212. The molecule has 1 aliphatic heterocycles. The van der Waals surface area contributed by atoms with Gasteiger partial charge >= 0.3 is 6.03 Å². The number of amides is 2. The number of halogens is 1. The summed E-state index contributed by atoms with van der Waals surface area (Å²) in [6.45, 7) is 0. The van der Waals surface area contributed by atoms with Crippen molar-refractivity contribution in [2.45, 2.75) is 0 Å². The standard InChI is InChI=1S/C8H10ClN5O/c1-12-5-4-10-7(9)11-6(5)13(2)14(3)8(12)15/h4H,1-3H3. The summed E-state index contributed by atoms with van der Waals surface area (Å²) in [7, 11) is 5.08. The summed E-state index contributed by atoms with van der Waals surface area (Å²) in [4.78, 5) is 21.1. The number of fused-ring (bicyclic) bond motifs is 1. The minimum Gasteiger partial charge on any atom is -0.291 e. The fourth-order valence-electron chi connectivity index (χ4n) is 1.41. The molecule has 2 amide bonds. The number of aromatic nitrogens is 2. The van der Waals surface area contributed by atoms with E-state index in [9.17, 15) is 4.79 Å². The van der Waals surface area contributed by atoms with Crippen molar-refractivity contribution in [3.05, 3.63) is 11.5 Å². The molecule has 0 bridgehead atoms. The van der Waals surface area contributed by atoms with Gasteiger partial charge in [-0.05, 0) is 11.6 Å². The largest absolute Gasteiger partial charge is 0.342 e. The van der Waals surface area contributed by atoms with E-state index in [0.29, 0.717) is 11.5 Å². The van der Waals surface area contributed by atoms with Crippen molar-refractivity contribution in [1.29, 1.82) is 0 Å². The molecule has 0 saturated carbocycles. The van der Waals surface area contributed by atoms with Crippen molar-refractivity contribution in [3.8, 4) is 0 Å². The Morgan fingerprint density at radius 3 is 2.60 bits per heavy atom. The third kappa shape index (κ3) is 1.37. The smallest absolute Gasteiger partial charge is 0.291 e. The summed E-state index contributed by atoms with van der Waals surface area (Å²) in [6.07, 6.45) is 1.53. The van der Waals surface area contributed by atoms with Crippen LogP contribution in [0.3, 0.4) is 0 Å². The SMILES string of the molecule is CN1C(=O)N(C)N(C)c2nc(Cl)ncc21. The van der Waals surface area contributed by atoms with E-state index in [1.54, 1.807) is 26.2 Å². The monoisotopic (exact) mass is 227 g/mol. The second-order valence-electron chi connectivity index (χ2n) is 3.24. The van der Waals surface area contributed by atoms with Gasteiger partial charge in [-0.15, -0.1) is 0 Å². The molecular weight excluding hydrogens is 218 g/mol. The fourth-order valence-corrected chi connectivity index (χ4v) is 1.54. The van der Waals surface area contributed by atoms with Gasteiger partial charge in [-0.2, -0.15) is 4.98 Å². The van der Waals surface area contributed by atoms with Crippen molar-refractivity contribution in [1.82, 2.24) is 15.0 Å². The first-order valence-electron chi connectivity index (χ1n) is 4.30. The lowest BCUT2D eigenvalue weighted by Crippen LogP contribution is -2.52. The van der Waals surface area contributed by atoms with Crippen molar-refractivity contribution in [3.63, 3.8) is 0 Å². The van der Waals surface area contributed by atoms with Gasteiger partial charge in [0.1, 0.15) is 5.69 Å². The highest BCUT2D eigenvalue weighted by atomic mass is 35.5. The maximum absolute atomic E-state index is 11.7. The molecule has 1 aromatic rings. The van der Waals surface area contributed by atoms with Crippen LogP contribution >= 0.6 is 11.6 Å². The predicted octanol–water partition coefficient (Wildman–Crippen LogP) is 0.983. The van der Waals surface area contributed by atoms with Crippen LogP contribution in [0, 0.1) is 0 Å². The Bertz CT molecular complexity index is 423. The van der Waals surface area contributed by atoms with E-state index in [2.05, 4.69) is 9.97 Å². The lowest BCUT2D eigenvalue weighted by atomic mass is 10.4. The molecule has 0 unspecified atom stereocenters. The van der Waals surface area contributed by atoms with E-state index in [1.807, 2.05) is 0 Å². The molecule has 0 aromatic carbocycles. The zero-order valence-corrected chi connectivity index (χ0v) is 9.36. The van der Waals surface area contributed by atoms with Crippen LogP contribution in [-0.4, -0.2) is 42.2 Å². The number of nitrogens with zero attached hydrogens (tertiary/aromatic N) is 5. The number of rotatable bonds is 0. The Morgan fingerprint density at radius 2 is 1.93 bits per heavy atom. The van der Waals surface area contributed by atoms with E-state index in [-0.39, 0.29) is 11.3 Å². The number of urea groups is 1. The molecule has 0 saturated heterocycles. The van der Waals surface area contributed by atoms with Crippen LogP contribution < -0.4 is 9.91 Å². The number of hydrogen-bond acceptors (Lipinski definition) is 4. The minimum absolute atomic E-state index is 0.143. The summed E-state index contributed by atoms with van der Waals surface area (Å²) < 4.78 is 0. The number of anilines is 2. The average molecular weight is 228 g/mol. The molecule has 6 nitrogen and oxygen atoms in total. The molecule has 1 aromatic heterocycles. The van der Waals surface area contributed by atoms with E-state index < -0.39 is 0 Å². The van der Waals surface area contributed by atoms with Crippen LogP contribution in [0.25, 0.3) is 0 Å². The molecule has 80 valence electrons. The van der Waals surface area contributed by atoms with Crippen molar-refractivity contribution in [2.24, 2.45) is 0 Å². The molecular formula is C8H10ClN5O. The molecule has 0 N–H and O–H groups in total. The van der Waals surface area contributed by atoms with Crippen molar-refractivity contribution >= 4 is 29.1 Å². The van der Waals surface area contributed by atoms with E-state index in [4.69, 9.17) is 11.6 Å². The summed E-state index contributed by atoms with van der Waals surface area (Å²) in [6, 6.07) is -0.143. The molecule has 1 aliphatic rings. The first kappa shape index (κ1) is 9.97. The van der Waals surface area contributed by atoms with Gasteiger partial charge < -0.3 is 0 Å². The Labute approximate surface area is 92.0 Å². The second-order valence-corrected chi connectivity index (χ2v) is 3.57. The highest BCUT2D eigenvalue weighted by Gasteiger charge is 2.30. The van der Waals surface area contributed by atoms with Crippen molar-refractivity contribution in [2.75, 3.05) is 31.1 Å². The summed E-state index contributed by atoms with van der Waals surface area (Å²) in [5, 5.41) is 3.24. The maximum Gasteiger partial charge on any atom is 0.342 e. The summed E-state index contributed by atoms with van der Waals surface area (Å²) >= 11 is 5.70. The van der Waals surface area contributed by atoms with Crippen LogP contribution in [0.2, 0.25) is 5.28 Å². The minimum atomic E-state index is -0.143. The van der Waals surface area contributed by atoms with Gasteiger partial charge in [-0.1, -0.05) is 0 Å². The molecule has 0 fully saturated rings. The average Bonchev–Trinajstić information content (AvgIpc) is 2.23. The first-order valence-corrected chi connectivity index (χ1v) is 4.67. The Morgan fingerprint density at radius 1 is 1.27 bits per heavy atom. The quantitative estimate of drug-likeness (QED) is 0.620. The number of carbonyl (C=O) groups excluding carboxylic acids is 1. The molecule has 0 aliphatic carbocycles. The Kier molecular flexibility index (Phi) is 2.15. The Hall–Kier alpha value is -1.56. The maximum atomic E-state index is 11.7. The van der Waals surface area contributed by atoms with E-state index in [0.717, 1.165) is 0 Å². The van der Waals surface area contributed by atoms with Crippen LogP contribution in [0.1, 0.15) is 0 Å². The predicted molar refractivity (Wildman–Crippen MR) is 57.0 cm³/mol. The third-order valence-corrected chi connectivity index (χ3v) is 2.58. The zero-order chi connectivity index (χ0) is 11.2. The molecule has 15 heavy (non-hydrogen) atoms. The molecule has 2 heterocycles. The zero-order valence-electron chi connectivity index (χ0n) is 8.60. The van der Waals surface area contributed by atoms with Crippen LogP contribution in [0.4, 0.5) is 16.3 Å². The van der Waals surface area contributed by atoms with Crippen LogP contribution in [0.15, 0.2) is 6.20 Å². The van der Waals surface area contributed by atoms with Gasteiger partial charge in [0.2, 0.25) is 5.28 Å². The van der Waals surface area contributed by atoms with Crippen LogP contribution in [0.5, 0.6) is 0 Å². The highest BCUT2D eigenvalue weighted by Crippen LogP contribution is 2.31. The van der Waals surface area contributed by atoms with Crippen LogP contribution in [-0.2, 0) is 0 Å². The number of hydrazine groups is 1. The summed E-state index contributed by atoms with van der Waals surface area (Å²) in [5.41, 5.74) is 0.644. The molecule has 2 rings (SSSR count). The van der Waals surface area contributed by atoms with Gasteiger partial charge in [0.05, 0.1) is 6.20 Å². The Balaban J connectivity index is 2.58. The molecule has 0 radical (unpaired) electrons. The first-order chi connectivity index (χ1) is 7.02. The van der Waals surface area contributed by atoms with Crippen molar-refractivity contribution < 1.29 is 4.79 Å². The van der Waals surface area contributed by atoms with Gasteiger partial charge in [0.25, 0.3) is 0 Å². The molecule has 0 spiro atoms. The van der Waals surface area contributed by atoms with E-state index in [1.165, 1.54) is 16.1 Å². The normalized spacial score (nSPS) is 15.7. The van der Waals surface area contributed by atoms with Gasteiger partial charge in [0.15, 0.2) is 5.82 Å². The van der Waals surface area contributed by atoms with Gasteiger partial charge in [0, 0.05) is 21.1 Å². The number of hydrogen-bond donors (Lipinski definition) is 0. The second kappa shape index (κ2) is 3.23. The van der Waals surface area contributed by atoms with Gasteiger partial charge in [-0.3, -0.25) is 9.91 Å². The third-order valence-electron chi connectivity index (χ3n) is 2.40.